The normalized spacial score (nSPS) is 10.1. The van der Waals surface area contributed by atoms with Gasteiger partial charge in [0.2, 0.25) is 0 Å². The third-order valence-corrected chi connectivity index (χ3v) is 3.96. The number of carbonyl (C=O) groups is 2. The predicted octanol–water partition coefficient (Wildman–Crippen LogP) is 2.49. The van der Waals surface area contributed by atoms with Gasteiger partial charge in [0.1, 0.15) is 5.75 Å². The number of hydrogen-bond donors (Lipinski definition) is 1. The van der Waals surface area contributed by atoms with E-state index in [0.29, 0.717) is 30.2 Å². The third-order valence-electron chi connectivity index (χ3n) is 3.96. The molecule has 150 valence electrons. The molecule has 0 fully saturated rings. The zero-order valence-corrected chi connectivity index (χ0v) is 16.7. The van der Waals surface area contributed by atoms with E-state index < -0.39 is 0 Å². The first-order valence-electron chi connectivity index (χ1n) is 8.95. The highest BCUT2D eigenvalue weighted by Gasteiger charge is 2.11. The van der Waals surface area contributed by atoms with Crippen molar-refractivity contribution in [3.8, 4) is 17.2 Å². The highest BCUT2D eigenvalue weighted by Crippen LogP contribution is 2.28. The fourth-order valence-corrected chi connectivity index (χ4v) is 2.36. The predicted molar refractivity (Wildman–Crippen MR) is 106 cm³/mol. The largest absolute Gasteiger partial charge is 0.494 e. The molecule has 2 amide bonds. The highest BCUT2D eigenvalue weighted by atomic mass is 16.5. The first-order chi connectivity index (χ1) is 13.4. The van der Waals surface area contributed by atoms with Gasteiger partial charge in [-0.2, -0.15) is 0 Å². The Morgan fingerprint density at radius 1 is 1.00 bits per heavy atom. The summed E-state index contributed by atoms with van der Waals surface area (Å²) in [6.45, 7) is 2.75. The Balaban J connectivity index is 1.96. The zero-order chi connectivity index (χ0) is 20.5. The molecule has 0 saturated heterocycles. The minimum Gasteiger partial charge on any atom is -0.494 e. The number of nitrogens with one attached hydrogen (secondary N) is 1. The van der Waals surface area contributed by atoms with Crippen LogP contribution >= 0.6 is 0 Å². The molecule has 0 aliphatic heterocycles. The number of ether oxygens (including phenoxy) is 3. The van der Waals surface area contributed by atoms with Gasteiger partial charge in [-0.05, 0) is 48.9 Å². The van der Waals surface area contributed by atoms with Crippen LogP contribution in [0.1, 0.15) is 22.8 Å². The molecule has 0 aliphatic rings. The molecular weight excluding hydrogens is 360 g/mol. The summed E-state index contributed by atoms with van der Waals surface area (Å²) in [5.74, 6) is 1.37. The SMILES string of the molecule is CCOc1ccc(C(=O)NCc2ccc(OCC(=O)N(C)C)c(OC)c2)cc1. The van der Waals surface area contributed by atoms with Crippen molar-refractivity contribution in [3.63, 3.8) is 0 Å². The average Bonchev–Trinajstić information content (AvgIpc) is 2.71. The van der Waals surface area contributed by atoms with Gasteiger partial charge in [0.25, 0.3) is 11.8 Å². The second kappa shape index (κ2) is 10.2. The van der Waals surface area contributed by atoms with Crippen LogP contribution in [0.2, 0.25) is 0 Å². The Morgan fingerprint density at radius 2 is 1.71 bits per heavy atom. The van der Waals surface area contributed by atoms with Crippen LogP contribution in [0.3, 0.4) is 0 Å². The molecule has 0 atom stereocenters. The zero-order valence-electron chi connectivity index (χ0n) is 16.7. The van der Waals surface area contributed by atoms with Gasteiger partial charge >= 0.3 is 0 Å². The highest BCUT2D eigenvalue weighted by molar-refractivity contribution is 5.94. The maximum Gasteiger partial charge on any atom is 0.259 e. The molecule has 7 nitrogen and oxygen atoms in total. The van der Waals surface area contributed by atoms with E-state index in [1.807, 2.05) is 13.0 Å². The van der Waals surface area contributed by atoms with E-state index in [-0.39, 0.29) is 18.4 Å². The van der Waals surface area contributed by atoms with Gasteiger partial charge in [-0.3, -0.25) is 9.59 Å². The quantitative estimate of drug-likeness (QED) is 0.717. The summed E-state index contributed by atoms with van der Waals surface area (Å²) in [6, 6.07) is 12.3. The van der Waals surface area contributed by atoms with Gasteiger partial charge in [0.15, 0.2) is 18.1 Å². The molecule has 0 unspecified atom stereocenters. The molecule has 1 N–H and O–H groups in total. The van der Waals surface area contributed by atoms with E-state index in [4.69, 9.17) is 14.2 Å². The van der Waals surface area contributed by atoms with Gasteiger partial charge < -0.3 is 24.4 Å². The molecule has 0 aromatic heterocycles. The number of amides is 2. The number of hydrogen-bond acceptors (Lipinski definition) is 5. The van der Waals surface area contributed by atoms with Crippen molar-refractivity contribution in [1.29, 1.82) is 0 Å². The van der Waals surface area contributed by atoms with Crippen LogP contribution in [0.4, 0.5) is 0 Å². The van der Waals surface area contributed by atoms with Crippen molar-refractivity contribution in [2.24, 2.45) is 0 Å². The summed E-state index contributed by atoms with van der Waals surface area (Å²) in [6.07, 6.45) is 0. The lowest BCUT2D eigenvalue weighted by molar-refractivity contribution is -0.130. The number of nitrogens with zero attached hydrogens (tertiary/aromatic N) is 1. The van der Waals surface area contributed by atoms with E-state index in [1.54, 1.807) is 50.5 Å². The molecule has 0 saturated carbocycles. The van der Waals surface area contributed by atoms with E-state index in [0.717, 1.165) is 11.3 Å². The minimum absolute atomic E-state index is 0.0722. The number of likely N-dealkylation sites (N-methyl/N-ethyl adjacent to an activating group) is 1. The number of rotatable bonds is 9. The minimum atomic E-state index is -0.182. The van der Waals surface area contributed by atoms with Crippen LogP contribution in [0.15, 0.2) is 42.5 Å². The summed E-state index contributed by atoms with van der Waals surface area (Å²) in [5, 5.41) is 2.87. The van der Waals surface area contributed by atoms with Crippen LogP contribution in [-0.2, 0) is 11.3 Å². The van der Waals surface area contributed by atoms with Crippen LogP contribution in [0, 0.1) is 0 Å². The van der Waals surface area contributed by atoms with E-state index in [9.17, 15) is 9.59 Å². The average molecular weight is 386 g/mol. The molecule has 0 radical (unpaired) electrons. The van der Waals surface area contributed by atoms with Crippen LogP contribution < -0.4 is 19.5 Å². The van der Waals surface area contributed by atoms with Gasteiger partial charge in [0, 0.05) is 26.2 Å². The monoisotopic (exact) mass is 386 g/mol. The van der Waals surface area contributed by atoms with Crippen LogP contribution in [0.5, 0.6) is 17.2 Å². The van der Waals surface area contributed by atoms with E-state index in [1.165, 1.54) is 12.0 Å². The number of benzene rings is 2. The second-order valence-corrected chi connectivity index (χ2v) is 6.20. The molecule has 7 heteroatoms. The van der Waals surface area contributed by atoms with Gasteiger partial charge in [-0.15, -0.1) is 0 Å². The van der Waals surface area contributed by atoms with E-state index in [2.05, 4.69) is 5.32 Å². The summed E-state index contributed by atoms with van der Waals surface area (Å²) >= 11 is 0. The van der Waals surface area contributed by atoms with E-state index >= 15 is 0 Å². The molecule has 2 aromatic carbocycles. The van der Waals surface area contributed by atoms with Crippen LogP contribution in [-0.4, -0.2) is 51.1 Å². The fourth-order valence-electron chi connectivity index (χ4n) is 2.36. The Labute approximate surface area is 165 Å². The first-order valence-corrected chi connectivity index (χ1v) is 8.95. The maximum absolute atomic E-state index is 12.3. The Hall–Kier alpha value is -3.22. The number of carbonyl (C=O) groups excluding carboxylic acids is 2. The Bertz CT molecular complexity index is 803. The third kappa shape index (κ3) is 5.90. The number of methoxy groups -OCH3 is 1. The van der Waals surface area contributed by atoms with Crippen molar-refractivity contribution in [2.75, 3.05) is 34.4 Å². The Kier molecular flexibility index (Phi) is 7.68. The fraction of sp³-hybridized carbons (Fsp3) is 0.333. The lowest BCUT2D eigenvalue weighted by atomic mass is 10.1. The van der Waals surface area contributed by atoms with Gasteiger partial charge in [-0.25, -0.2) is 0 Å². The molecular formula is C21H26N2O5. The standard InChI is InChI=1S/C21H26N2O5/c1-5-27-17-9-7-16(8-10-17)21(25)22-13-15-6-11-18(19(12-15)26-4)28-14-20(24)23(2)3/h6-12H,5,13-14H2,1-4H3,(H,22,25). The van der Waals surface area contributed by atoms with Crippen LogP contribution in [0.25, 0.3) is 0 Å². The summed E-state index contributed by atoms with van der Waals surface area (Å²) < 4.78 is 16.2. The summed E-state index contributed by atoms with van der Waals surface area (Å²) in [4.78, 5) is 25.4. The second-order valence-electron chi connectivity index (χ2n) is 6.20. The summed E-state index contributed by atoms with van der Waals surface area (Å²) in [7, 11) is 4.86. The molecule has 0 aliphatic carbocycles. The molecule has 0 spiro atoms. The molecule has 28 heavy (non-hydrogen) atoms. The molecule has 0 heterocycles. The van der Waals surface area contributed by atoms with Crippen molar-refractivity contribution in [1.82, 2.24) is 10.2 Å². The summed E-state index contributed by atoms with van der Waals surface area (Å²) in [5.41, 5.74) is 1.40. The van der Waals surface area contributed by atoms with Crippen molar-refractivity contribution in [2.45, 2.75) is 13.5 Å². The van der Waals surface area contributed by atoms with Crippen molar-refractivity contribution < 1.29 is 23.8 Å². The van der Waals surface area contributed by atoms with Gasteiger partial charge in [0.05, 0.1) is 13.7 Å². The lowest BCUT2D eigenvalue weighted by Crippen LogP contribution is -2.27. The Morgan fingerprint density at radius 3 is 2.32 bits per heavy atom. The molecule has 2 rings (SSSR count). The maximum atomic E-state index is 12.3. The molecule has 2 aromatic rings. The van der Waals surface area contributed by atoms with Crippen molar-refractivity contribution in [3.05, 3.63) is 53.6 Å². The first kappa shape index (κ1) is 21.1. The lowest BCUT2D eigenvalue weighted by Gasteiger charge is -2.14. The molecule has 0 bridgehead atoms. The van der Waals surface area contributed by atoms with Crippen molar-refractivity contribution >= 4 is 11.8 Å². The van der Waals surface area contributed by atoms with Gasteiger partial charge in [-0.1, -0.05) is 6.07 Å². The topological polar surface area (TPSA) is 77.1 Å². The smallest absolute Gasteiger partial charge is 0.259 e.